The minimum Gasteiger partial charge on any atom is -0.373 e. The van der Waals surface area contributed by atoms with Crippen molar-refractivity contribution in [1.82, 2.24) is 5.32 Å². The van der Waals surface area contributed by atoms with Gasteiger partial charge in [-0.1, -0.05) is 35.4 Å². The fraction of sp³-hybridized carbons (Fsp3) is 0.538. The summed E-state index contributed by atoms with van der Waals surface area (Å²) in [6, 6.07) is 9.95. The van der Waals surface area contributed by atoms with E-state index in [-0.39, 0.29) is 12.1 Å². The maximum absolute atomic E-state index is 8.59. The molecule has 5 heteroatoms. The number of azide groups is 1. The van der Waals surface area contributed by atoms with Gasteiger partial charge in [0.25, 0.3) is 0 Å². The zero-order valence-electron chi connectivity index (χ0n) is 10.3. The largest absolute Gasteiger partial charge is 0.373 e. The van der Waals surface area contributed by atoms with Crippen LogP contribution < -0.4 is 5.32 Å². The van der Waals surface area contributed by atoms with Crippen molar-refractivity contribution in [2.75, 3.05) is 13.1 Å². The Bertz CT molecular complexity index is 403. The second kappa shape index (κ2) is 7.01. The normalized spacial score (nSPS) is 24.0. The van der Waals surface area contributed by atoms with Crippen LogP contribution in [0.2, 0.25) is 0 Å². The fourth-order valence-corrected chi connectivity index (χ4v) is 2.16. The molecule has 0 saturated carbocycles. The van der Waals surface area contributed by atoms with Crippen molar-refractivity contribution in [2.45, 2.75) is 31.6 Å². The van der Waals surface area contributed by atoms with Gasteiger partial charge in [0, 0.05) is 11.5 Å². The third-order valence-electron chi connectivity index (χ3n) is 3.13. The molecule has 0 aromatic heterocycles. The van der Waals surface area contributed by atoms with Gasteiger partial charge in [-0.05, 0) is 30.5 Å². The van der Waals surface area contributed by atoms with Crippen LogP contribution >= 0.6 is 0 Å². The first-order chi connectivity index (χ1) is 8.90. The lowest BCUT2D eigenvalue weighted by molar-refractivity contribution is 0.0221. The molecular formula is C13H18N4O. The van der Waals surface area contributed by atoms with Gasteiger partial charge < -0.3 is 10.1 Å². The van der Waals surface area contributed by atoms with Crippen molar-refractivity contribution < 1.29 is 4.74 Å². The summed E-state index contributed by atoms with van der Waals surface area (Å²) in [5, 5.41) is 7.10. The van der Waals surface area contributed by atoms with E-state index in [0.29, 0.717) is 13.2 Å². The summed E-state index contributed by atoms with van der Waals surface area (Å²) in [7, 11) is 0. The Hall–Kier alpha value is -1.55. The van der Waals surface area contributed by atoms with Crippen molar-refractivity contribution in [1.29, 1.82) is 0 Å². The topological polar surface area (TPSA) is 70.0 Å². The van der Waals surface area contributed by atoms with Gasteiger partial charge in [0.15, 0.2) is 0 Å². The summed E-state index contributed by atoms with van der Waals surface area (Å²) in [5.41, 5.74) is 9.74. The van der Waals surface area contributed by atoms with Gasteiger partial charge in [-0.2, -0.15) is 0 Å². The molecule has 1 N–H and O–H groups in total. The van der Waals surface area contributed by atoms with Gasteiger partial charge in [0.05, 0.1) is 18.8 Å². The van der Waals surface area contributed by atoms with E-state index in [1.54, 1.807) is 0 Å². The van der Waals surface area contributed by atoms with Crippen LogP contribution in [-0.4, -0.2) is 25.2 Å². The number of hydrogen-bond acceptors (Lipinski definition) is 3. The maximum Gasteiger partial charge on any atom is 0.0760 e. The zero-order valence-corrected chi connectivity index (χ0v) is 10.3. The molecule has 5 nitrogen and oxygen atoms in total. The number of nitrogens with zero attached hydrogens (tertiary/aromatic N) is 3. The van der Waals surface area contributed by atoms with Crippen molar-refractivity contribution in [3.05, 3.63) is 46.3 Å². The molecule has 0 spiro atoms. The SMILES string of the molecule is [N-]=[N+]=N[C@@H]1CNCCC[C@H]1OCc1ccccc1. The summed E-state index contributed by atoms with van der Waals surface area (Å²) in [6.07, 6.45) is 2.00. The molecule has 96 valence electrons. The molecule has 1 heterocycles. The Morgan fingerprint density at radius 3 is 3.00 bits per heavy atom. The highest BCUT2D eigenvalue weighted by molar-refractivity contribution is 5.13. The minimum atomic E-state index is -0.110. The molecule has 1 aromatic rings. The highest BCUT2D eigenvalue weighted by Crippen LogP contribution is 2.15. The Labute approximate surface area is 107 Å². The first kappa shape index (κ1) is 12.9. The number of rotatable bonds is 4. The van der Waals surface area contributed by atoms with E-state index in [9.17, 15) is 0 Å². The first-order valence-corrected chi connectivity index (χ1v) is 6.30. The monoisotopic (exact) mass is 246 g/mol. The molecule has 1 fully saturated rings. The lowest BCUT2D eigenvalue weighted by atomic mass is 10.1. The predicted octanol–water partition coefficient (Wildman–Crippen LogP) is 2.63. The molecule has 0 amide bonds. The van der Waals surface area contributed by atoms with Crippen molar-refractivity contribution in [2.24, 2.45) is 5.11 Å². The average molecular weight is 246 g/mol. The van der Waals surface area contributed by atoms with E-state index in [4.69, 9.17) is 10.3 Å². The van der Waals surface area contributed by atoms with Gasteiger partial charge >= 0.3 is 0 Å². The summed E-state index contributed by atoms with van der Waals surface area (Å²) in [5.74, 6) is 0. The maximum atomic E-state index is 8.59. The molecule has 0 bridgehead atoms. The molecule has 18 heavy (non-hydrogen) atoms. The Morgan fingerprint density at radius 1 is 1.39 bits per heavy atom. The first-order valence-electron chi connectivity index (χ1n) is 6.30. The average Bonchev–Trinajstić information content (AvgIpc) is 2.64. The van der Waals surface area contributed by atoms with Crippen LogP contribution in [-0.2, 0) is 11.3 Å². The molecule has 1 aliphatic heterocycles. The number of nitrogens with one attached hydrogen (secondary N) is 1. The van der Waals surface area contributed by atoms with E-state index in [0.717, 1.165) is 24.9 Å². The van der Waals surface area contributed by atoms with E-state index in [1.807, 2.05) is 30.3 Å². The van der Waals surface area contributed by atoms with Gasteiger partial charge in [-0.3, -0.25) is 0 Å². The quantitative estimate of drug-likeness (QED) is 0.504. The van der Waals surface area contributed by atoms with Crippen LogP contribution in [0.1, 0.15) is 18.4 Å². The summed E-state index contributed by atoms with van der Waals surface area (Å²) < 4.78 is 5.91. The fourth-order valence-electron chi connectivity index (χ4n) is 2.16. The van der Waals surface area contributed by atoms with E-state index in [2.05, 4.69) is 15.3 Å². The molecule has 0 aliphatic carbocycles. The molecule has 2 rings (SSSR count). The van der Waals surface area contributed by atoms with E-state index >= 15 is 0 Å². The number of benzene rings is 1. The molecule has 1 saturated heterocycles. The highest BCUT2D eigenvalue weighted by atomic mass is 16.5. The van der Waals surface area contributed by atoms with Crippen LogP contribution in [0.3, 0.4) is 0 Å². The smallest absolute Gasteiger partial charge is 0.0760 e. The number of ether oxygens (including phenoxy) is 1. The Morgan fingerprint density at radius 2 is 2.22 bits per heavy atom. The zero-order chi connectivity index (χ0) is 12.6. The predicted molar refractivity (Wildman–Crippen MR) is 70.1 cm³/mol. The van der Waals surface area contributed by atoms with Crippen molar-refractivity contribution in [3.63, 3.8) is 0 Å². The molecule has 1 aliphatic rings. The lowest BCUT2D eigenvalue weighted by Gasteiger charge is -2.21. The van der Waals surface area contributed by atoms with Crippen LogP contribution in [0, 0.1) is 0 Å². The van der Waals surface area contributed by atoms with Crippen LogP contribution in [0.15, 0.2) is 35.4 Å². The van der Waals surface area contributed by atoms with Gasteiger partial charge in [-0.25, -0.2) is 0 Å². The van der Waals surface area contributed by atoms with Crippen LogP contribution in [0.4, 0.5) is 0 Å². The van der Waals surface area contributed by atoms with Gasteiger partial charge in [-0.15, -0.1) is 0 Å². The van der Waals surface area contributed by atoms with Crippen molar-refractivity contribution >= 4 is 0 Å². The van der Waals surface area contributed by atoms with Crippen LogP contribution in [0.25, 0.3) is 10.4 Å². The number of hydrogen-bond donors (Lipinski definition) is 1. The highest BCUT2D eigenvalue weighted by Gasteiger charge is 2.23. The standard InChI is InChI=1S/C13H18N4O/c14-17-16-12-9-15-8-4-7-13(12)18-10-11-5-2-1-3-6-11/h1-3,5-6,12-13,15H,4,7-10H2/t12-,13-/m1/s1. The van der Waals surface area contributed by atoms with Crippen molar-refractivity contribution in [3.8, 4) is 0 Å². The van der Waals surface area contributed by atoms with Gasteiger partial charge in [0.1, 0.15) is 0 Å². The molecule has 1 aromatic carbocycles. The second-order valence-corrected chi connectivity index (χ2v) is 4.45. The summed E-state index contributed by atoms with van der Waals surface area (Å²) >= 11 is 0. The summed E-state index contributed by atoms with van der Waals surface area (Å²) in [6.45, 7) is 2.23. The van der Waals surface area contributed by atoms with E-state index < -0.39 is 0 Å². The van der Waals surface area contributed by atoms with E-state index in [1.165, 1.54) is 0 Å². The van der Waals surface area contributed by atoms with Gasteiger partial charge in [0.2, 0.25) is 0 Å². The third kappa shape index (κ3) is 3.74. The molecule has 0 unspecified atom stereocenters. The Balaban J connectivity index is 1.94. The minimum absolute atomic E-state index is 0.0103. The lowest BCUT2D eigenvalue weighted by Crippen LogP contribution is -2.33. The Kier molecular flexibility index (Phi) is 5.02. The molecular weight excluding hydrogens is 228 g/mol. The molecule has 0 radical (unpaired) electrons. The van der Waals surface area contributed by atoms with Crippen LogP contribution in [0.5, 0.6) is 0 Å². The molecule has 2 atom stereocenters. The summed E-state index contributed by atoms with van der Waals surface area (Å²) in [4.78, 5) is 2.91. The second-order valence-electron chi connectivity index (χ2n) is 4.45. The third-order valence-corrected chi connectivity index (χ3v) is 3.13.